The molecule has 2 bridgehead atoms. The molecule has 3 aliphatic rings. The van der Waals surface area contributed by atoms with Gasteiger partial charge in [-0.3, -0.25) is 4.79 Å². The fourth-order valence-corrected chi connectivity index (χ4v) is 3.38. The van der Waals surface area contributed by atoms with E-state index in [4.69, 9.17) is 14.6 Å². The largest absolute Gasteiger partial charge is 0.481 e. The number of carboxylic acid groups (broad SMARTS) is 1. The first-order valence-electron chi connectivity index (χ1n) is 9.64. The van der Waals surface area contributed by atoms with Crippen LogP contribution < -0.4 is 0 Å². The normalized spacial score (nSPS) is 29.8. The van der Waals surface area contributed by atoms with E-state index in [-0.39, 0.29) is 30.8 Å². The van der Waals surface area contributed by atoms with Crippen molar-refractivity contribution in [3.05, 3.63) is 24.3 Å². The Morgan fingerprint density at radius 2 is 2.04 bits per heavy atom. The third kappa shape index (κ3) is 6.92. The number of carbonyl (C=O) groups is 1. The molecule has 142 valence electrons. The van der Waals surface area contributed by atoms with Crippen molar-refractivity contribution in [2.45, 2.75) is 89.3 Å². The zero-order valence-corrected chi connectivity index (χ0v) is 15.2. The summed E-state index contributed by atoms with van der Waals surface area (Å²) in [5, 5.41) is 18.7. The second kappa shape index (κ2) is 10.7. The summed E-state index contributed by atoms with van der Waals surface area (Å²) in [6, 6.07) is 0. The van der Waals surface area contributed by atoms with Crippen molar-refractivity contribution in [1.82, 2.24) is 0 Å². The van der Waals surface area contributed by atoms with Gasteiger partial charge in [0.25, 0.3) is 0 Å². The van der Waals surface area contributed by atoms with Crippen LogP contribution in [0, 0.1) is 5.92 Å². The second-order valence-corrected chi connectivity index (χ2v) is 7.05. The molecule has 0 radical (unpaired) electrons. The highest BCUT2D eigenvalue weighted by molar-refractivity contribution is 5.66. The van der Waals surface area contributed by atoms with Gasteiger partial charge in [-0.15, -0.1) is 0 Å². The van der Waals surface area contributed by atoms with Gasteiger partial charge >= 0.3 is 5.97 Å². The maximum Gasteiger partial charge on any atom is 0.303 e. The standard InChI is InChI=1S/C20H32O5/c1-2-3-6-9-15(21)12-13-17-16(18-14-20(24-17)25-18)10-7-4-5-8-11-19(22)23/h4,7,12-13,15-18,20-21H,2-3,5-6,8-11,14H2,1H3,(H,22,23)/b7-4-,13-12+/t15-,16?,17+,18?,20+/m0/s1. The minimum atomic E-state index is -0.745. The predicted octanol–water partition coefficient (Wildman–Crippen LogP) is 3.82. The highest BCUT2D eigenvalue weighted by Crippen LogP contribution is 2.40. The molecular weight excluding hydrogens is 320 g/mol. The minimum Gasteiger partial charge on any atom is -0.481 e. The smallest absolute Gasteiger partial charge is 0.303 e. The molecule has 0 aliphatic carbocycles. The Balaban J connectivity index is 1.76. The number of aliphatic hydroxyl groups excluding tert-OH is 1. The van der Waals surface area contributed by atoms with E-state index < -0.39 is 12.1 Å². The van der Waals surface area contributed by atoms with Crippen LogP contribution in [0.4, 0.5) is 0 Å². The molecule has 3 rings (SSSR count). The van der Waals surface area contributed by atoms with Gasteiger partial charge in [0.1, 0.15) is 0 Å². The molecule has 5 heteroatoms. The summed E-state index contributed by atoms with van der Waals surface area (Å²) in [4.78, 5) is 10.5. The van der Waals surface area contributed by atoms with Crippen molar-refractivity contribution in [1.29, 1.82) is 0 Å². The molecule has 25 heavy (non-hydrogen) atoms. The number of rotatable bonds is 12. The Morgan fingerprint density at radius 1 is 1.24 bits per heavy atom. The summed E-state index contributed by atoms with van der Waals surface area (Å²) in [7, 11) is 0. The second-order valence-electron chi connectivity index (χ2n) is 7.05. The Kier molecular flexibility index (Phi) is 8.65. The van der Waals surface area contributed by atoms with Crippen molar-refractivity contribution in [3.63, 3.8) is 0 Å². The Morgan fingerprint density at radius 3 is 2.76 bits per heavy atom. The fourth-order valence-electron chi connectivity index (χ4n) is 3.38. The van der Waals surface area contributed by atoms with E-state index in [9.17, 15) is 9.90 Å². The summed E-state index contributed by atoms with van der Waals surface area (Å²) in [6.45, 7) is 2.16. The minimum absolute atomic E-state index is 0.0120. The third-order valence-electron chi connectivity index (χ3n) is 4.92. The Hall–Kier alpha value is -1.17. The van der Waals surface area contributed by atoms with E-state index in [1.165, 1.54) is 0 Å². The first-order valence-corrected chi connectivity index (χ1v) is 9.64. The molecule has 0 amide bonds. The Bertz CT molecular complexity index is 453. The molecule has 3 aliphatic heterocycles. The predicted molar refractivity (Wildman–Crippen MR) is 96.2 cm³/mol. The van der Waals surface area contributed by atoms with E-state index in [1.807, 2.05) is 18.2 Å². The van der Waals surface area contributed by atoms with Gasteiger partial charge in [0, 0.05) is 18.8 Å². The molecule has 5 atom stereocenters. The van der Waals surface area contributed by atoms with Crippen molar-refractivity contribution in [2.24, 2.45) is 5.92 Å². The van der Waals surface area contributed by atoms with Crippen LogP contribution in [0.5, 0.6) is 0 Å². The van der Waals surface area contributed by atoms with Crippen molar-refractivity contribution in [2.75, 3.05) is 0 Å². The van der Waals surface area contributed by atoms with Crippen molar-refractivity contribution >= 4 is 5.97 Å². The molecule has 0 aromatic heterocycles. The van der Waals surface area contributed by atoms with Crippen molar-refractivity contribution in [3.8, 4) is 0 Å². The van der Waals surface area contributed by atoms with E-state index in [0.717, 1.165) is 44.9 Å². The summed E-state index contributed by atoms with van der Waals surface area (Å²) in [5.74, 6) is -0.481. The quantitative estimate of drug-likeness (QED) is 0.412. The lowest BCUT2D eigenvalue weighted by molar-refractivity contribution is -0.337. The number of hydrogen-bond acceptors (Lipinski definition) is 4. The molecular formula is C20H32O5. The maximum absolute atomic E-state index is 10.5. The summed E-state index contributed by atoms with van der Waals surface area (Å²) in [6.07, 6.45) is 15.4. The number of aliphatic hydroxyl groups is 1. The van der Waals surface area contributed by atoms with Crippen LogP contribution in [0.3, 0.4) is 0 Å². The van der Waals surface area contributed by atoms with Crippen LogP contribution in [0.15, 0.2) is 24.3 Å². The van der Waals surface area contributed by atoms with Gasteiger partial charge in [-0.25, -0.2) is 0 Å². The summed E-state index contributed by atoms with van der Waals surface area (Å²) >= 11 is 0. The first kappa shape index (κ1) is 20.1. The van der Waals surface area contributed by atoms with E-state index >= 15 is 0 Å². The van der Waals surface area contributed by atoms with Gasteiger partial charge in [0.05, 0.1) is 18.3 Å². The molecule has 3 saturated heterocycles. The number of hydrogen-bond donors (Lipinski definition) is 2. The van der Waals surface area contributed by atoms with Gasteiger partial charge in [0.15, 0.2) is 6.29 Å². The van der Waals surface area contributed by atoms with Crippen LogP contribution in [-0.2, 0) is 14.3 Å². The molecule has 0 aromatic carbocycles. The fraction of sp³-hybridized carbons (Fsp3) is 0.750. The van der Waals surface area contributed by atoms with Crippen LogP contribution in [0.25, 0.3) is 0 Å². The van der Waals surface area contributed by atoms with Gasteiger partial charge in [-0.1, -0.05) is 50.5 Å². The SMILES string of the molecule is CCCCC[C@H](O)/C=C/[C@H]1O[C@H]2CC(O2)C1C/C=C\CCCC(=O)O. The lowest BCUT2D eigenvalue weighted by Gasteiger charge is -2.49. The number of fused-ring (bicyclic) bond motifs is 2. The Labute approximate surface area is 150 Å². The number of allylic oxidation sites excluding steroid dienone is 2. The number of aliphatic carboxylic acids is 1. The molecule has 5 nitrogen and oxygen atoms in total. The first-order chi connectivity index (χ1) is 12.1. The van der Waals surface area contributed by atoms with Gasteiger partial charge in [-0.05, 0) is 25.7 Å². The number of unbranched alkanes of at least 4 members (excludes halogenated alkanes) is 3. The third-order valence-corrected chi connectivity index (χ3v) is 4.92. The van der Waals surface area contributed by atoms with E-state index in [0.29, 0.717) is 6.42 Å². The zero-order valence-electron chi connectivity index (χ0n) is 15.2. The van der Waals surface area contributed by atoms with Gasteiger partial charge in [0.2, 0.25) is 0 Å². The van der Waals surface area contributed by atoms with Crippen LogP contribution in [0.1, 0.15) is 64.7 Å². The summed E-state index contributed by atoms with van der Waals surface area (Å²) in [5.41, 5.74) is 0. The van der Waals surface area contributed by atoms with Crippen molar-refractivity contribution < 1.29 is 24.5 Å². The van der Waals surface area contributed by atoms with Crippen LogP contribution >= 0.6 is 0 Å². The molecule has 0 spiro atoms. The summed E-state index contributed by atoms with van der Waals surface area (Å²) < 4.78 is 11.6. The molecule has 0 saturated carbocycles. The van der Waals surface area contributed by atoms with E-state index in [1.54, 1.807) is 0 Å². The number of carboxylic acids is 1. The molecule has 2 unspecified atom stereocenters. The molecule has 3 fully saturated rings. The average Bonchev–Trinajstić information content (AvgIpc) is 2.55. The maximum atomic E-state index is 10.5. The van der Waals surface area contributed by atoms with Crippen LogP contribution in [-0.4, -0.2) is 40.8 Å². The zero-order chi connectivity index (χ0) is 18.1. The van der Waals surface area contributed by atoms with E-state index in [2.05, 4.69) is 13.0 Å². The average molecular weight is 352 g/mol. The van der Waals surface area contributed by atoms with Crippen LogP contribution in [0.2, 0.25) is 0 Å². The lowest BCUT2D eigenvalue weighted by atomic mass is 9.84. The molecule has 2 N–H and O–H groups in total. The number of ether oxygens (including phenoxy) is 2. The molecule has 0 aromatic rings. The lowest BCUT2D eigenvalue weighted by Crippen LogP contribution is -2.55. The highest BCUT2D eigenvalue weighted by Gasteiger charge is 2.46. The molecule has 3 heterocycles. The van der Waals surface area contributed by atoms with Gasteiger partial charge in [-0.2, -0.15) is 0 Å². The monoisotopic (exact) mass is 352 g/mol. The topological polar surface area (TPSA) is 76.0 Å². The highest BCUT2D eigenvalue weighted by atomic mass is 16.7. The van der Waals surface area contributed by atoms with Gasteiger partial charge < -0.3 is 19.7 Å².